The number of aromatic hydroxyl groups is 1. The number of nitrogens with zero attached hydrogens (tertiary/aromatic N) is 1. The van der Waals surface area contributed by atoms with Crippen LogP contribution in [0.2, 0.25) is 15.1 Å². The minimum Gasteiger partial charge on any atom is -0.491 e. The lowest BCUT2D eigenvalue weighted by Gasteiger charge is -2.09. The van der Waals surface area contributed by atoms with Crippen molar-refractivity contribution in [3.8, 4) is 22.9 Å². The van der Waals surface area contributed by atoms with Crippen molar-refractivity contribution in [3.05, 3.63) is 67.6 Å². The van der Waals surface area contributed by atoms with Gasteiger partial charge in [-0.3, -0.25) is 0 Å². The normalized spacial score (nSPS) is 11.2. The van der Waals surface area contributed by atoms with Gasteiger partial charge in [-0.25, -0.2) is 14.2 Å². The molecule has 0 aliphatic heterocycles. The summed E-state index contributed by atoms with van der Waals surface area (Å²) in [5.74, 6) is -2.20. The number of oxazole rings is 1. The summed E-state index contributed by atoms with van der Waals surface area (Å²) in [6.07, 6.45) is 17.5. The Morgan fingerprint density at radius 1 is 0.805 bits per heavy atom. The second kappa shape index (κ2) is 17.5. The van der Waals surface area contributed by atoms with Crippen LogP contribution in [0.15, 0.2) is 45.6 Å². The Hall–Kier alpha value is -2.41. The lowest BCUT2D eigenvalue weighted by Crippen LogP contribution is -2.13. The third kappa shape index (κ3) is 9.83. The standard InChI is InChI=1S/C32H40Cl3NO5/c1-2-3-4-5-6-7-8-9-10-11-12-13-14-15-21-40-31(38)23-19-20-24(33)27(22-23)36-30(37)29(41-32(36)39)28-25(34)17-16-18-26(28)35/h16-20,22,37H,2-15,21H2,1H3. The first-order valence-corrected chi connectivity index (χ1v) is 15.8. The highest BCUT2D eigenvalue weighted by molar-refractivity contribution is 6.39. The van der Waals surface area contributed by atoms with E-state index in [1.165, 1.54) is 88.8 Å². The van der Waals surface area contributed by atoms with Crippen molar-refractivity contribution in [1.29, 1.82) is 0 Å². The van der Waals surface area contributed by atoms with Gasteiger partial charge in [0.2, 0.25) is 11.6 Å². The van der Waals surface area contributed by atoms with Crippen LogP contribution in [-0.4, -0.2) is 22.2 Å². The zero-order valence-corrected chi connectivity index (χ0v) is 26.0. The van der Waals surface area contributed by atoms with Crippen molar-refractivity contribution in [3.63, 3.8) is 0 Å². The number of carbonyl (C=O) groups is 1. The number of rotatable bonds is 18. The number of esters is 1. The molecule has 0 unspecified atom stereocenters. The van der Waals surface area contributed by atoms with E-state index in [0.29, 0.717) is 6.61 Å². The van der Waals surface area contributed by atoms with E-state index in [1.807, 2.05) is 0 Å². The molecule has 0 fully saturated rings. The maximum atomic E-state index is 12.7. The van der Waals surface area contributed by atoms with E-state index < -0.39 is 17.6 Å². The lowest BCUT2D eigenvalue weighted by molar-refractivity contribution is 0.0497. The van der Waals surface area contributed by atoms with E-state index in [-0.39, 0.29) is 37.6 Å². The van der Waals surface area contributed by atoms with Gasteiger partial charge in [0.05, 0.1) is 38.5 Å². The summed E-state index contributed by atoms with van der Waals surface area (Å²) in [5.41, 5.74) is 0.432. The van der Waals surface area contributed by atoms with Gasteiger partial charge in [0.1, 0.15) is 0 Å². The summed E-state index contributed by atoms with van der Waals surface area (Å²) < 4.78 is 11.6. The number of carbonyl (C=O) groups excluding carboxylic acids is 1. The number of hydrogen-bond acceptors (Lipinski definition) is 5. The quantitative estimate of drug-likeness (QED) is 0.112. The van der Waals surface area contributed by atoms with Crippen LogP contribution in [-0.2, 0) is 4.74 Å². The largest absolute Gasteiger partial charge is 0.491 e. The summed E-state index contributed by atoms with van der Waals surface area (Å²) in [6, 6.07) is 9.09. The van der Waals surface area contributed by atoms with Crippen LogP contribution in [0, 0.1) is 0 Å². The molecule has 0 saturated heterocycles. The SMILES string of the molecule is CCCCCCCCCCCCCCCCOC(=O)c1ccc(Cl)c(-n2c(O)c(-c3c(Cl)cccc3Cl)oc2=O)c1. The van der Waals surface area contributed by atoms with Crippen molar-refractivity contribution in [2.24, 2.45) is 0 Å². The van der Waals surface area contributed by atoms with Gasteiger partial charge in [-0.15, -0.1) is 0 Å². The van der Waals surface area contributed by atoms with Crippen LogP contribution in [0.25, 0.3) is 17.0 Å². The van der Waals surface area contributed by atoms with E-state index >= 15 is 0 Å². The molecule has 0 saturated carbocycles. The maximum Gasteiger partial charge on any atom is 0.427 e. The molecule has 2 aromatic carbocycles. The molecule has 1 heterocycles. The molecule has 3 aromatic rings. The Labute approximate surface area is 257 Å². The average Bonchev–Trinajstić information content (AvgIpc) is 3.23. The zero-order valence-electron chi connectivity index (χ0n) is 23.7. The molecule has 0 aliphatic carbocycles. The van der Waals surface area contributed by atoms with E-state index in [9.17, 15) is 14.7 Å². The van der Waals surface area contributed by atoms with Crippen LogP contribution in [0.3, 0.4) is 0 Å². The van der Waals surface area contributed by atoms with Crippen molar-refractivity contribution < 1.29 is 19.1 Å². The highest BCUT2D eigenvalue weighted by Crippen LogP contribution is 2.40. The Morgan fingerprint density at radius 2 is 1.34 bits per heavy atom. The van der Waals surface area contributed by atoms with Gasteiger partial charge in [-0.05, 0) is 36.8 Å². The van der Waals surface area contributed by atoms with Crippen molar-refractivity contribution in [2.75, 3.05) is 6.61 Å². The first kappa shape index (κ1) is 33.1. The number of ether oxygens (including phenoxy) is 1. The molecule has 0 atom stereocenters. The molecule has 0 radical (unpaired) electrons. The van der Waals surface area contributed by atoms with Gasteiger partial charge in [0.25, 0.3) is 0 Å². The first-order valence-electron chi connectivity index (χ1n) is 14.7. The smallest absolute Gasteiger partial charge is 0.427 e. The highest BCUT2D eigenvalue weighted by Gasteiger charge is 2.25. The highest BCUT2D eigenvalue weighted by atomic mass is 35.5. The van der Waals surface area contributed by atoms with Crippen LogP contribution in [0.1, 0.15) is 107 Å². The molecule has 9 heteroatoms. The Balaban J connectivity index is 1.44. The van der Waals surface area contributed by atoms with Crippen molar-refractivity contribution in [2.45, 2.75) is 96.8 Å². The van der Waals surface area contributed by atoms with Gasteiger partial charge < -0.3 is 14.3 Å². The number of halogens is 3. The van der Waals surface area contributed by atoms with E-state index in [2.05, 4.69) is 6.92 Å². The van der Waals surface area contributed by atoms with Crippen LogP contribution >= 0.6 is 34.8 Å². The Bertz CT molecular complexity index is 1300. The molecular formula is C32H40Cl3NO5. The fraction of sp³-hybridized carbons (Fsp3) is 0.500. The number of hydrogen-bond donors (Lipinski definition) is 1. The fourth-order valence-corrected chi connectivity index (χ4v) is 5.58. The molecule has 1 aromatic heterocycles. The first-order chi connectivity index (χ1) is 19.8. The Kier molecular flexibility index (Phi) is 14.1. The minimum absolute atomic E-state index is 0.0679. The van der Waals surface area contributed by atoms with Crippen LogP contribution < -0.4 is 5.76 Å². The monoisotopic (exact) mass is 623 g/mol. The second-order valence-corrected chi connectivity index (χ2v) is 11.6. The molecule has 1 N–H and O–H groups in total. The summed E-state index contributed by atoms with van der Waals surface area (Å²) in [5, 5.41) is 11.4. The summed E-state index contributed by atoms with van der Waals surface area (Å²) in [6.45, 7) is 2.56. The molecule has 0 spiro atoms. The number of unbranched alkanes of at least 4 members (excludes halogenated alkanes) is 13. The van der Waals surface area contributed by atoms with Gasteiger partial charge in [-0.1, -0.05) is 131 Å². The predicted octanol–water partition coefficient (Wildman–Crippen LogP) is 10.4. The average molecular weight is 625 g/mol. The second-order valence-electron chi connectivity index (χ2n) is 10.4. The van der Waals surface area contributed by atoms with E-state index in [0.717, 1.165) is 23.8 Å². The number of aromatic nitrogens is 1. The minimum atomic E-state index is -0.914. The van der Waals surface area contributed by atoms with E-state index in [1.54, 1.807) is 18.2 Å². The maximum absolute atomic E-state index is 12.7. The fourth-order valence-electron chi connectivity index (χ4n) is 4.81. The van der Waals surface area contributed by atoms with Crippen LogP contribution in [0.4, 0.5) is 0 Å². The third-order valence-corrected chi connectivity index (χ3v) is 8.08. The zero-order chi connectivity index (χ0) is 29.6. The van der Waals surface area contributed by atoms with Gasteiger partial charge >= 0.3 is 11.7 Å². The van der Waals surface area contributed by atoms with Crippen LogP contribution in [0.5, 0.6) is 5.88 Å². The molecular weight excluding hydrogens is 585 g/mol. The van der Waals surface area contributed by atoms with Gasteiger partial charge in [0, 0.05) is 0 Å². The number of benzene rings is 2. The molecule has 6 nitrogen and oxygen atoms in total. The van der Waals surface area contributed by atoms with Gasteiger partial charge in [-0.2, -0.15) is 0 Å². The van der Waals surface area contributed by atoms with Crippen molar-refractivity contribution in [1.82, 2.24) is 4.57 Å². The Morgan fingerprint density at radius 3 is 1.90 bits per heavy atom. The summed E-state index contributed by atoms with van der Waals surface area (Å²) in [4.78, 5) is 25.4. The topological polar surface area (TPSA) is 81.7 Å². The summed E-state index contributed by atoms with van der Waals surface area (Å²) >= 11 is 18.8. The third-order valence-electron chi connectivity index (χ3n) is 7.13. The molecule has 3 rings (SSSR count). The molecule has 224 valence electrons. The molecule has 0 aliphatic rings. The lowest BCUT2D eigenvalue weighted by atomic mass is 10.0. The molecule has 0 amide bonds. The molecule has 0 bridgehead atoms. The summed E-state index contributed by atoms with van der Waals surface area (Å²) in [7, 11) is 0. The molecule has 41 heavy (non-hydrogen) atoms. The van der Waals surface area contributed by atoms with Crippen molar-refractivity contribution >= 4 is 40.8 Å². The van der Waals surface area contributed by atoms with E-state index in [4.69, 9.17) is 44.0 Å². The van der Waals surface area contributed by atoms with Gasteiger partial charge in [0.15, 0.2) is 0 Å². The predicted molar refractivity (Wildman–Crippen MR) is 167 cm³/mol.